The van der Waals surface area contributed by atoms with Crippen LogP contribution in [-0.2, 0) is 4.79 Å². The summed E-state index contributed by atoms with van der Waals surface area (Å²) in [5.41, 5.74) is 2.79. The summed E-state index contributed by atoms with van der Waals surface area (Å²) in [6.07, 6.45) is 5.68. The van der Waals surface area contributed by atoms with E-state index in [9.17, 15) is 4.79 Å². The van der Waals surface area contributed by atoms with E-state index >= 15 is 0 Å². The number of ether oxygens (including phenoxy) is 2. The molecule has 1 aliphatic heterocycles. The summed E-state index contributed by atoms with van der Waals surface area (Å²) >= 11 is 0. The molecule has 0 aliphatic carbocycles. The highest BCUT2D eigenvalue weighted by atomic mass is 16.5. The fourth-order valence-corrected chi connectivity index (χ4v) is 3.12. The monoisotopic (exact) mass is 352 g/mol. The molecule has 0 aromatic heterocycles. The van der Waals surface area contributed by atoms with Gasteiger partial charge in [-0.1, -0.05) is 18.2 Å². The fourth-order valence-electron chi connectivity index (χ4n) is 3.12. The highest BCUT2D eigenvalue weighted by Crippen LogP contribution is 2.29. The van der Waals surface area contributed by atoms with Crippen LogP contribution in [0.5, 0.6) is 11.5 Å². The number of nitrogens with zero attached hydrogens (tertiary/aromatic N) is 1. The van der Waals surface area contributed by atoms with Crippen LogP contribution >= 0.6 is 0 Å². The Morgan fingerprint density at radius 2 is 1.77 bits per heavy atom. The van der Waals surface area contributed by atoms with Crippen LogP contribution in [0.4, 0.5) is 11.4 Å². The molecule has 136 valence electrons. The molecule has 1 heterocycles. The van der Waals surface area contributed by atoms with Crippen LogP contribution in [0.1, 0.15) is 18.4 Å². The third kappa shape index (κ3) is 4.17. The zero-order valence-corrected chi connectivity index (χ0v) is 15.2. The molecular weight excluding hydrogens is 328 g/mol. The van der Waals surface area contributed by atoms with Gasteiger partial charge in [0.2, 0.25) is 5.91 Å². The second kappa shape index (κ2) is 8.43. The Kier molecular flexibility index (Phi) is 5.79. The van der Waals surface area contributed by atoms with Gasteiger partial charge in [0.25, 0.3) is 0 Å². The van der Waals surface area contributed by atoms with Crippen molar-refractivity contribution in [1.82, 2.24) is 0 Å². The Hall–Kier alpha value is -2.95. The van der Waals surface area contributed by atoms with Gasteiger partial charge in [-0.2, -0.15) is 0 Å². The van der Waals surface area contributed by atoms with Crippen molar-refractivity contribution < 1.29 is 14.3 Å². The van der Waals surface area contributed by atoms with Crippen molar-refractivity contribution in [3.63, 3.8) is 0 Å². The standard InChI is InChI=1S/C21H24N2O3/c1-25-19-11-9-16(15-20(19)26-2)10-12-21(24)22-17-7-3-4-8-18(17)23-13-5-6-14-23/h3-4,7-12,15H,5-6,13-14H2,1-2H3,(H,22,24)/b12-10+. The minimum absolute atomic E-state index is 0.161. The number of anilines is 2. The number of carbonyl (C=O) groups is 1. The molecule has 26 heavy (non-hydrogen) atoms. The summed E-state index contributed by atoms with van der Waals surface area (Å²) in [5.74, 6) is 1.13. The molecular formula is C21H24N2O3. The maximum Gasteiger partial charge on any atom is 0.248 e. The zero-order valence-electron chi connectivity index (χ0n) is 15.2. The van der Waals surface area contributed by atoms with E-state index < -0.39 is 0 Å². The number of nitrogens with one attached hydrogen (secondary N) is 1. The molecule has 1 saturated heterocycles. The summed E-state index contributed by atoms with van der Waals surface area (Å²) < 4.78 is 10.5. The van der Waals surface area contributed by atoms with E-state index in [4.69, 9.17) is 9.47 Å². The van der Waals surface area contributed by atoms with Gasteiger partial charge in [-0.25, -0.2) is 0 Å². The highest BCUT2D eigenvalue weighted by molar-refractivity contribution is 6.03. The molecule has 2 aromatic carbocycles. The van der Waals surface area contributed by atoms with Crippen LogP contribution in [-0.4, -0.2) is 33.2 Å². The van der Waals surface area contributed by atoms with E-state index in [2.05, 4.69) is 16.3 Å². The van der Waals surface area contributed by atoms with E-state index in [0.29, 0.717) is 11.5 Å². The second-order valence-corrected chi connectivity index (χ2v) is 6.15. The molecule has 3 rings (SSSR count). The number of para-hydroxylation sites is 2. The van der Waals surface area contributed by atoms with E-state index in [1.165, 1.54) is 18.9 Å². The summed E-state index contributed by atoms with van der Waals surface area (Å²) in [6.45, 7) is 2.07. The third-order valence-electron chi connectivity index (χ3n) is 4.44. The minimum Gasteiger partial charge on any atom is -0.493 e. The number of benzene rings is 2. The number of hydrogen-bond acceptors (Lipinski definition) is 4. The lowest BCUT2D eigenvalue weighted by atomic mass is 10.2. The summed E-state index contributed by atoms with van der Waals surface area (Å²) in [4.78, 5) is 14.7. The van der Waals surface area contributed by atoms with Crippen molar-refractivity contribution in [2.45, 2.75) is 12.8 Å². The molecule has 0 atom stereocenters. The first kappa shape index (κ1) is 17.9. The van der Waals surface area contributed by atoms with Gasteiger partial charge in [-0.15, -0.1) is 0 Å². The molecule has 5 heteroatoms. The Balaban J connectivity index is 1.70. The normalized spacial score (nSPS) is 13.8. The van der Waals surface area contributed by atoms with Crippen LogP contribution < -0.4 is 19.7 Å². The molecule has 0 bridgehead atoms. The lowest BCUT2D eigenvalue weighted by Gasteiger charge is -2.21. The third-order valence-corrected chi connectivity index (χ3v) is 4.44. The molecule has 1 amide bonds. The van der Waals surface area contributed by atoms with Crippen LogP contribution in [0.3, 0.4) is 0 Å². The van der Waals surface area contributed by atoms with Gasteiger partial charge in [0.1, 0.15) is 0 Å². The average molecular weight is 352 g/mol. The summed E-state index contributed by atoms with van der Waals surface area (Å²) in [5, 5.41) is 2.99. The van der Waals surface area contributed by atoms with E-state index in [-0.39, 0.29) is 5.91 Å². The van der Waals surface area contributed by atoms with E-state index in [1.807, 2.05) is 36.4 Å². The van der Waals surface area contributed by atoms with Crippen LogP contribution in [0.15, 0.2) is 48.5 Å². The van der Waals surface area contributed by atoms with Crippen molar-refractivity contribution in [1.29, 1.82) is 0 Å². The van der Waals surface area contributed by atoms with Gasteiger partial charge in [0.05, 0.1) is 25.6 Å². The molecule has 5 nitrogen and oxygen atoms in total. The van der Waals surface area contributed by atoms with Crippen LogP contribution in [0, 0.1) is 0 Å². The van der Waals surface area contributed by atoms with Crippen molar-refractivity contribution in [2.24, 2.45) is 0 Å². The maximum absolute atomic E-state index is 12.4. The number of carbonyl (C=O) groups excluding carboxylic acids is 1. The molecule has 1 N–H and O–H groups in total. The number of amides is 1. The molecule has 2 aromatic rings. The van der Waals surface area contributed by atoms with Crippen molar-refractivity contribution in [3.8, 4) is 11.5 Å². The van der Waals surface area contributed by atoms with E-state index in [1.54, 1.807) is 20.3 Å². The van der Waals surface area contributed by atoms with Gasteiger partial charge in [0.15, 0.2) is 11.5 Å². The first-order chi connectivity index (χ1) is 12.7. The van der Waals surface area contributed by atoms with Crippen molar-refractivity contribution >= 4 is 23.4 Å². The smallest absolute Gasteiger partial charge is 0.248 e. The number of hydrogen-bond donors (Lipinski definition) is 1. The average Bonchev–Trinajstić information content (AvgIpc) is 3.21. The SMILES string of the molecule is COc1ccc(/C=C/C(=O)Nc2ccccc2N2CCCC2)cc1OC. The molecule has 0 spiro atoms. The molecule has 0 unspecified atom stereocenters. The predicted octanol–water partition coefficient (Wildman–Crippen LogP) is 3.96. The Morgan fingerprint density at radius 3 is 2.50 bits per heavy atom. The minimum atomic E-state index is -0.161. The van der Waals surface area contributed by atoms with Gasteiger partial charge in [-0.05, 0) is 48.7 Å². The first-order valence-corrected chi connectivity index (χ1v) is 8.76. The highest BCUT2D eigenvalue weighted by Gasteiger charge is 2.15. The van der Waals surface area contributed by atoms with Crippen molar-refractivity contribution in [2.75, 3.05) is 37.5 Å². The van der Waals surface area contributed by atoms with Crippen LogP contribution in [0.2, 0.25) is 0 Å². The largest absolute Gasteiger partial charge is 0.493 e. The molecule has 0 radical (unpaired) electrons. The quantitative estimate of drug-likeness (QED) is 0.800. The predicted molar refractivity (Wildman–Crippen MR) is 105 cm³/mol. The summed E-state index contributed by atoms with van der Waals surface area (Å²) in [6, 6.07) is 13.5. The van der Waals surface area contributed by atoms with Gasteiger partial charge in [0, 0.05) is 19.2 Å². The fraction of sp³-hybridized carbons (Fsp3) is 0.286. The van der Waals surface area contributed by atoms with Gasteiger partial charge in [-0.3, -0.25) is 4.79 Å². The lowest BCUT2D eigenvalue weighted by Crippen LogP contribution is -2.20. The maximum atomic E-state index is 12.4. The van der Waals surface area contributed by atoms with Gasteiger partial charge >= 0.3 is 0 Å². The second-order valence-electron chi connectivity index (χ2n) is 6.15. The summed E-state index contributed by atoms with van der Waals surface area (Å²) in [7, 11) is 3.19. The number of methoxy groups -OCH3 is 2. The number of rotatable bonds is 6. The lowest BCUT2D eigenvalue weighted by molar-refractivity contribution is -0.111. The van der Waals surface area contributed by atoms with E-state index in [0.717, 1.165) is 30.0 Å². The topological polar surface area (TPSA) is 50.8 Å². The first-order valence-electron chi connectivity index (χ1n) is 8.76. The molecule has 1 fully saturated rings. The Labute approximate surface area is 154 Å². The molecule has 1 aliphatic rings. The zero-order chi connectivity index (χ0) is 18.4. The molecule has 0 saturated carbocycles. The van der Waals surface area contributed by atoms with Crippen LogP contribution in [0.25, 0.3) is 6.08 Å². The van der Waals surface area contributed by atoms with Gasteiger partial charge < -0.3 is 19.7 Å². The van der Waals surface area contributed by atoms with Crippen molar-refractivity contribution in [3.05, 3.63) is 54.1 Å². The Bertz CT molecular complexity index is 796. The Morgan fingerprint density at radius 1 is 1.04 bits per heavy atom.